The number of aromatic nitrogens is 2. The quantitative estimate of drug-likeness (QED) is 0.482. The van der Waals surface area contributed by atoms with Crippen LogP contribution in [-0.2, 0) is 9.59 Å². The van der Waals surface area contributed by atoms with Crippen molar-refractivity contribution in [3.05, 3.63) is 66.6 Å². The highest BCUT2D eigenvalue weighted by molar-refractivity contribution is 7.99. The molecule has 2 heterocycles. The van der Waals surface area contributed by atoms with Crippen LogP contribution in [0.5, 0.6) is 0 Å². The summed E-state index contributed by atoms with van der Waals surface area (Å²) in [7, 11) is 0. The van der Waals surface area contributed by atoms with Gasteiger partial charge in [0.1, 0.15) is 5.82 Å². The van der Waals surface area contributed by atoms with E-state index in [1.165, 1.54) is 23.9 Å². The molecule has 1 N–H and O–H groups in total. The molecule has 2 aromatic carbocycles. The molecule has 2 aliphatic rings. The second-order valence-corrected chi connectivity index (χ2v) is 9.84. The van der Waals surface area contributed by atoms with E-state index < -0.39 is 0 Å². The summed E-state index contributed by atoms with van der Waals surface area (Å²) in [5.41, 5.74) is 2.82. The predicted octanol–water partition coefficient (Wildman–Crippen LogP) is 3.90. The zero-order chi connectivity index (χ0) is 24.2. The third-order valence-electron chi connectivity index (χ3n) is 6.29. The molecule has 0 radical (unpaired) electrons. The first-order valence-electron chi connectivity index (χ1n) is 11.9. The van der Waals surface area contributed by atoms with Crippen molar-refractivity contribution in [1.29, 1.82) is 0 Å². The normalized spacial score (nSPS) is 16.3. The minimum absolute atomic E-state index is 0.0945. The molecule has 2 amide bonds. The summed E-state index contributed by atoms with van der Waals surface area (Å²) in [6.45, 7) is 2.71. The van der Waals surface area contributed by atoms with Gasteiger partial charge in [-0.2, -0.15) is 0 Å². The summed E-state index contributed by atoms with van der Waals surface area (Å²) in [4.78, 5) is 33.7. The number of imidazole rings is 1. The summed E-state index contributed by atoms with van der Waals surface area (Å²) >= 11 is 1.50. The zero-order valence-electron chi connectivity index (χ0n) is 19.4. The lowest BCUT2D eigenvalue weighted by molar-refractivity contribution is -0.130. The van der Waals surface area contributed by atoms with Crippen LogP contribution in [0.3, 0.4) is 0 Å². The Balaban J connectivity index is 1.10. The number of rotatable bonds is 8. The Bertz CT molecular complexity index is 1170. The maximum absolute atomic E-state index is 13.0. The summed E-state index contributed by atoms with van der Waals surface area (Å²) in [5.74, 6) is -0.0385. The van der Waals surface area contributed by atoms with Crippen LogP contribution in [0.1, 0.15) is 18.9 Å². The SMILES string of the molecule is O=C(CN1CCN(C(=O)CSc2ncc(-c3ccccc3)n2C2CC2)CC1)Nc1ccc(F)cc1. The lowest BCUT2D eigenvalue weighted by Crippen LogP contribution is -2.50. The Labute approximate surface area is 208 Å². The first kappa shape index (κ1) is 23.6. The molecule has 1 aliphatic carbocycles. The molecule has 0 spiro atoms. The maximum Gasteiger partial charge on any atom is 0.238 e. The smallest absolute Gasteiger partial charge is 0.238 e. The fourth-order valence-corrected chi connectivity index (χ4v) is 5.22. The number of carbonyl (C=O) groups excluding carboxylic acids is 2. The first-order valence-corrected chi connectivity index (χ1v) is 12.9. The van der Waals surface area contributed by atoms with Crippen molar-refractivity contribution >= 4 is 29.3 Å². The summed E-state index contributed by atoms with van der Waals surface area (Å²) in [6, 6.07) is 16.4. The number of hydrogen-bond donors (Lipinski definition) is 1. The number of amides is 2. The van der Waals surface area contributed by atoms with Crippen LogP contribution in [0.2, 0.25) is 0 Å². The number of halogens is 1. The van der Waals surface area contributed by atoms with E-state index >= 15 is 0 Å². The number of nitrogens with zero attached hydrogens (tertiary/aromatic N) is 4. The number of anilines is 1. The van der Waals surface area contributed by atoms with Crippen LogP contribution in [0, 0.1) is 5.82 Å². The van der Waals surface area contributed by atoms with E-state index in [0.717, 1.165) is 29.3 Å². The van der Waals surface area contributed by atoms with Gasteiger partial charge >= 0.3 is 0 Å². The molecular weight excluding hydrogens is 465 g/mol. The molecule has 3 aromatic rings. The first-order chi connectivity index (χ1) is 17.1. The van der Waals surface area contributed by atoms with Gasteiger partial charge in [-0.3, -0.25) is 14.5 Å². The van der Waals surface area contributed by atoms with E-state index in [9.17, 15) is 14.0 Å². The summed E-state index contributed by atoms with van der Waals surface area (Å²) < 4.78 is 15.3. The molecule has 1 saturated carbocycles. The molecule has 1 aromatic heterocycles. The Hall–Kier alpha value is -3.17. The lowest BCUT2D eigenvalue weighted by atomic mass is 10.2. The van der Waals surface area contributed by atoms with E-state index in [1.54, 1.807) is 12.1 Å². The largest absolute Gasteiger partial charge is 0.339 e. The highest BCUT2D eigenvalue weighted by Crippen LogP contribution is 2.41. The van der Waals surface area contributed by atoms with E-state index in [1.807, 2.05) is 34.2 Å². The molecule has 5 rings (SSSR count). The number of hydrogen-bond acceptors (Lipinski definition) is 5. The minimum atomic E-state index is -0.338. The average Bonchev–Trinajstić information content (AvgIpc) is 3.63. The van der Waals surface area contributed by atoms with Gasteiger partial charge in [0.25, 0.3) is 0 Å². The lowest BCUT2D eigenvalue weighted by Gasteiger charge is -2.34. The molecule has 1 saturated heterocycles. The molecule has 2 fully saturated rings. The van der Waals surface area contributed by atoms with Crippen LogP contribution in [0.25, 0.3) is 11.3 Å². The van der Waals surface area contributed by atoms with Crippen LogP contribution < -0.4 is 5.32 Å². The van der Waals surface area contributed by atoms with Gasteiger partial charge in [-0.1, -0.05) is 42.1 Å². The van der Waals surface area contributed by atoms with Gasteiger partial charge in [0.05, 0.1) is 24.2 Å². The molecular formula is C26H28FN5O2S. The standard InChI is InChI=1S/C26H28FN5O2S/c27-20-6-8-21(9-7-20)29-24(33)17-30-12-14-31(15-13-30)25(34)18-35-26-28-16-23(32(26)22-10-11-22)19-4-2-1-3-5-19/h1-9,16,22H,10-15,17-18H2,(H,29,33). The van der Waals surface area contributed by atoms with Crippen molar-refractivity contribution in [2.75, 3.05) is 43.8 Å². The molecule has 35 heavy (non-hydrogen) atoms. The number of nitrogens with one attached hydrogen (secondary N) is 1. The van der Waals surface area contributed by atoms with Crippen molar-refractivity contribution in [3.8, 4) is 11.3 Å². The Morgan fingerprint density at radius 2 is 1.71 bits per heavy atom. The van der Waals surface area contributed by atoms with Gasteiger partial charge in [-0.25, -0.2) is 9.37 Å². The van der Waals surface area contributed by atoms with Crippen LogP contribution in [0.15, 0.2) is 66.0 Å². The van der Waals surface area contributed by atoms with Crippen molar-refractivity contribution in [2.24, 2.45) is 0 Å². The molecule has 182 valence electrons. The van der Waals surface area contributed by atoms with E-state index in [2.05, 4.69) is 27.0 Å². The van der Waals surface area contributed by atoms with Gasteiger partial charge < -0.3 is 14.8 Å². The van der Waals surface area contributed by atoms with E-state index in [-0.39, 0.29) is 24.2 Å². The van der Waals surface area contributed by atoms with E-state index in [0.29, 0.717) is 43.7 Å². The van der Waals surface area contributed by atoms with Crippen LogP contribution in [-0.4, -0.2) is 69.6 Å². The van der Waals surface area contributed by atoms with Crippen LogP contribution >= 0.6 is 11.8 Å². The van der Waals surface area contributed by atoms with Gasteiger partial charge in [0, 0.05) is 37.9 Å². The molecule has 0 atom stereocenters. The monoisotopic (exact) mass is 493 g/mol. The second-order valence-electron chi connectivity index (χ2n) is 8.89. The van der Waals surface area contributed by atoms with Gasteiger partial charge in [-0.05, 0) is 42.7 Å². The fourth-order valence-electron chi connectivity index (χ4n) is 4.27. The van der Waals surface area contributed by atoms with Crippen molar-refractivity contribution in [3.63, 3.8) is 0 Å². The molecule has 9 heteroatoms. The molecule has 1 aliphatic heterocycles. The maximum atomic E-state index is 13.0. The number of benzene rings is 2. The molecule has 0 unspecified atom stereocenters. The highest BCUT2D eigenvalue weighted by atomic mass is 32.2. The third-order valence-corrected chi connectivity index (χ3v) is 7.24. The topological polar surface area (TPSA) is 70.5 Å². The number of carbonyl (C=O) groups is 2. The van der Waals surface area contributed by atoms with Gasteiger partial charge in [0.2, 0.25) is 11.8 Å². The fraction of sp³-hybridized carbons (Fsp3) is 0.346. The van der Waals surface area contributed by atoms with Crippen LogP contribution in [0.4, 0.5) is 10.1 Å². The average molecular weight is 494 g/mol. The van der Waals surface area contributed by atoms with Crippen molar-refractivity contribution in [1.82, 2.24) is 19.4 Å². The summed E-state index contributed by atoms with van der Waals surface area (Å²) in [5, 5.41) is 3.68. The molecule has 0 bridgehead atoms. The zero-order valence-corrected chi connectivity index (χ0v) is 20.2. The predicted molar refractivity (Wildman–Crippen MR) is 135 cm³/mol. The Morgan fingerprint density at radius 3 is 2.40 bits per heavy atom. The Kier molecular flexibility index (Phi) is 7.15. The third kappa shape index (κ3) is 5.91. The molecule has 7 nitrogen and oxygen atoms in total. The van der Waals surface area contributed by atoms with Gasteiger partial charge in [-0.15, -0.1) is 0 Å². The van der Waals surface area contributed by atoms with Crippen molar-refractivity contribution in [2.45, 2.75) is 24.0 Å². The highest BCUT2D eigenvalue weighted by Gasteiger charge is 2.30. The van der Waals surface area contributed by atoms with E-state index in [4.69, 9.17) is 0 Å². The minimum Gasteiger partial charge on any atom is -0.339 e. The summed E-state index contributed by atoms with van der Waals surface area (Å²) in [6.07, 6.45) is 4.21. The number of piperazine rings is 1. The second kappa shape index (κ2) is 10.6. The number of thioether (sulfide) groups is 1. The van der Waals surface area contributed by atoms with Crippen molar-refractivity contribution < 1.29 is 14.0 Å². The van der Waals surface area contributed by atoms with Gasteiger partial charge in [0.15, 0.2) is 5.16 Å². The Morgan fingerprint density at radius 1 is 1.00 bits per heavy atom.